The molecule has 0 fully saturated rings. The van der Waals surface area contributed by atoms with Gasteiger partial charge in [-0.15, -0.1) is 0 Å². The molecule has 0 bridgehead atoms. The van der Waals surface area contributed by atoms with E-state index < -0.39 is 30.1 Å². The molecule has 1 heterocycles. The van der Waals surface area contributed by atoms with Crippen molar-refractivity contribution in [1.29, 1.82) is 0 Å². The van der Waals surface area contributed by atoms with Crippen LogP contribution in [0, 0.1) is 11.6 Å². The number of carbonyl (C=O) groups is 2. The number of halogens is 3. The van der Waals surface area contributed by atoms with Gasteiger partial charge in [0.2, 0.25) is 0 Å². The lowest BCUT2D eigenvalue weighted by atomic mass is 10.2. The van der Waals surface area contributed by atoms with Crippen molar-refractivity contribution in [3.8, 4) is 0 Å². The fourth-order valence-corrected chi connectivity index (χ4v) is 3.47. The van der Waals surface area contributed by atoms with Crippen molar-refractivity contribution in [3.05, 3.63) is 63.4 Å². The summed E-state index contributed by atoms with van der Waals surface area (Å²) in [5, 5.41) is 9.39. The van der Waals surface area contributed by atoms with Gasteiger partial charge in [-0.05, 0) is 30.3 Å². The zero-order chi connectivity index (χ0) is 18.1. The first-order valence-electron chi connectivity index (χ1n) is 6.90. The van der Waals surface area contributed by atoms with Crippen LogP contribution in [-0.2, 0) is 11.3 Å². The van der Waals surface area contributed by atoms with Crippen molar-refractivity contribution in [2.24, 2.45) is 4.99 Å². The molecule has 3 rings (SSSR count). The van der Waals surface area contributed by atoms with Crippen LogP contribution >= 0.6 is 22.9 Å². The van der Waals surface area contributed by atoms with Gasteiger partial charge in [0.25, 0.3) is 5.91 Å². The number of hydrogen-bond acceptors (Lipinski definition) is 3. The maximum Gasteiger partial charge on any atom is 0.323 e. The number of thiazole rings is 1. The molecule has 5 nitrogen and oxygen atoms in total. The largest absolute Gasteiger partial charge is 0.480 e. The fraction of sp³-hybridized carbons (Fsp3) is 0.0625. The molecule has 1 amide bonds. The number of aliphatic carboxylic acids is 1. The zero-order valence-electron chi connectivity index (χ0n) is 12.4. The molecule has 9 heteroatoms. The van der Waals surface area contributed by atoms with Crippen molar-refractivity contribution in [1.82, 2.24) is 4.57 Å². The lowest BCUT2D eigenvalue weighted by molar-refractivity contribution is -0.137. The Balaban J connectivity index is 2.22. The monoisotopic (exact) mass is 382 g/mol. The second-order valence-corrected chi connectivity index (χ2v) is 6.42. The Morgan fingerprint density at radius 3 is 2.68 bits per heavy atom. The number of hydrogen-bond donors (Lipinski definition) is 1. The van der Waals surface area contributed by atoms with E-state index in [1.807, 2.05) is 0 Å². The molecule has 3 aromatic rings. The Bertz CT molecular complexity index is 1070. The summed E-state index contributed by atoms with van der Waals surface area (Å²) >= 11 is 6.53. The van der Waals surface area contributed by atoms with Crippen molar-refractivity contribution >= 4 is 45.0 Å². The van der Waals surface area contributed by atoms with E-state index in [0.717, 1.165) is 10.6 Å². The fourth-order valence-electron chi connectivity index (χ4n) is 2.23. The van der Waals surface area contributed by atoms with Crippen LogP contribution in [0.25, 0.3) is 10.2 Å². The van der Waals surface area contributed by atoms with Crippen LogP contribution < -0.4 is 4.80 Å². The highest BCUT2D eigenvalue weighted by Gasteiger charge is 2.16. The summed E-state index contributed by atoms with van der Waals surface area (Å²) in [6.07, 6.45) is 0. The van der Waals surface area contributed by atoms with Gasteiger partial charge >= 0.3 is 5.97 Å². The van der Waals surface area contributed by atoms with E-state index >= 15 is 0 Å². The number of amides is 1. The number of nitrogens with zero attached hydrogens (tertiary/aromatic N) is 2. The van der Waals surface area contributed by atoms with Crippen LogP contribution in [0.1, 0.15) is 10.4 Å². The predicted octanol–water partition coefficient (Wildman–Crippen LogP) is 3.46. The van der Waals surface area contributed by atoms with Crippen molar-refractivity contribution in [2.45, 2.75) is 6.54 Å². The van der Waals surface area contributed by atoms with E-state index in [1.54, 1.807) is 12.1 Å². The molecule has 0 aliphatic carbocycles. The van der Waals surface area contributed by atoms with E-state index in [-0.39, 0.29) is 20.6 Å². The number of aromatic nitrogens is 1. The van der Waals surface area contributed by atoms with Crippen molar-refractivity contribution in [2.75, 3.05) is 0 Å². The van der Waals surface area contributed by atoms with Gasteiger partial charge in [-0.1, -0.05) is 29.0 Å². The van der Waals surface area contributed by atoms with Gasteiger partial charge in [0.1, 0.15) is 6.54 Å². The Morgan fingerprint density at radius 2 is 2.00 bits per heavy atom. The molecule has 0 aliphatic rings. The molecule has 0 aliphatic heterocycles. The lowest BCUT2D eigenvalue weighted by Gasteiger charge is -2.01. The second kappa shape index (κ2) is 6.73. The molecule has 25 heavy (non-hydrogen) atoms. The molecule has 0 atom stereocenters. The number of carboxylic acid groups (broad SMARTS) is 1. The topological polar surface area (TPSA) is 71.7 Å². The van der Waals surface area contributed by atoms with Gasteiger partial charge in [-0.25, -0.2) is 8.78 Å². The minimum atomic E-state index is -1.21. The molecule has 0 radical (unpaired) electrons. The molecule has 2 aromatic carbocycles. The van der Waals surface area contributed by atoms with Crippen LogP contribution in [0.3, 0.4) is 0 Å². The van der Waals surface area contributed by atoms with Gasteiger partial charge in [0.05, 0.1) is 10.2 Å². The van der Waals surface area contributed by atoms with E-state index in [1.165, 1.54) is 18.2 Å². The van der Waals surface area contributed by atoms with E-state index in [2.05, 4.69) is 4.99 Å². The van der Waals surface area contributed by atoms with Gasteiger partial charge in [-0.2, -0.15) is 4.99 Å². The highest BCUT2D eigenvalue weighted by Crippen LogP contribution is 2.23. The molecule has 1 aromatic heterocycles. The third kappa shape index (κ3) is 3.45. The SMILES string of the molecule is O=C(O)Cn1c(=NC(=O)c2cccc(Cl)c2)sc2c(F)c(F)ccc21. The number of benzene rings is 2. The number of rotatable bonds is 3. The first kappa shape index (κ1) is 17.2. The van der Waals surface area contributed by atoms with Crippen molar-refractivity contribution < 1.29 is 23.5 Å². The molecule has 128 valence electrons. The Kier molecular flexibility index (Phi) is 4.65. The summed E-state index contributed by atoms with van der Waals surface area (Å²) in [6, 6.07) is 8.19. The average molecular weight is 383 g/mol. The number of carbonyl (C=O) groups excluding carboxylic acids is 1. The summed E-state index contributed by atoms with van der Waals surface area (Å²) in [5.41, 5.74) is 0.336. The standard InChI is InChI=1S/C16H9ClF2N2O3S/c17-9-3-1-2-8(6-9)15(24)20-16-21(7-12(22)23)11-5-4-10(18)13(19)14(11)25-16/h1-6H,7H2,(H,22,23). The highest BCUT2D eigenvalue weighted by molar-refractivity contribution is 7.16. The van der Waals surface area contributed by atoms with Gasteiger partial charge in [0, 0.05) is 10.6 Å². The quantitative estimate of drug-likeness (QED) is 0.754. The zero-order valence-corrected chi connectivity index (χ0v) is 13.9. The summed E-state index contributed by atoms with van der Waals surface area (Å²) in [4.78, 5) is 27.2. The molecule has 0 saturated heterocycles. The summed E-state index contributed by atoms with van der Waals surface area (Å²) in [5.74, 6) is -4.06. The van der Waals surface area contributed by atoms with Crippen LogP contribution in [0.4, 0.5) is 8.78 Å². The highest BCUT2D eigenvalue weighted by atomic mass is 35.5. The maximum atomic E-state index is 14.0. The number of carboxylic acids is 1. The normalized spacial score (nSPS) is 11.9. The summed E-state index contributed by atoms with van der Waals surface area (Å²) in [7, 11) is 0. The maximum absolute atomic E-state index is 14.0. The predicted molar refractivity (Wildman–Crippen MR) is 88.7 cm³/mol. The second-order valence-electron chi connectivity index (χ2n) is 5.00. The van der Waals surface area contributed by atoms with Crippen LogP contribution in [0.5, 0.6) is 0 Å². The minimum Gasteiger partial charge on any atom is -0.480 e. The molecular weight excluding hydrogens is 374 g/mol. The molecular formula is C16H9ClF2N2O3S. The third-order valence-corrected chi connectivity index (χ3v) is 4.63. The van der Waals surface area contributed by atoms with Gasteiger partial charge < -0.3 is 9.67 Å². The number of fused-ring (bicyclic) bond motifs is 1. The summed E-state index contributed by atoms with van der Waals surface area (Å²) in [6.45, 7) is -0.549. The Morgan fingerprint density at radius 1 is 1.24 bits per heavy atom. The lowest BCUT2D eigenvalue weighted by Crippen LogP contribution is -2.21. The van der Waals surface area contributed by atoms with Gasteiger partial charge in [-0.3, -0.25) is 9.59 Å². The molecule has 1 N–H and O–H groups in total. The average Bonchev–Trinajstić information content (AvgIpc) is 2.89. The van der Waals surface area contributed by atoms with Crippen molar-refractivity contribution in [3.63, 3.8) is 0 Å². The molecule has 0 saturated carbocycles. The van der Waals surface area contributed by atoms with Crippen LogP contribution in [0.15, 0.2) is 41.4 Å². The summed E-state index contributed by atoms with van der Waals surface area (Å²) < 4.78 is 28.4. The van der Waals surface area contributed by atoms with E-state index in [4.69, 9.17) is 16.7 Å². The third-order valence-electron chi connectivity index (χ3n) is 3.31. The molecule has 0 unspecified atom stereocenters. The first-order chi connectivity index (χ1) is 11.9. The Hall–Kier alpha value is -2.58. The van der Waals surface area contributed by atoms with E-state index in [0.29, 0.717) is 16.4 Å². The minimum absolute atomic E-state index is 0.0492. The Labute approximate surface area is 148 Å². The molecule has 0 spiro atoms. The van der Waals surface area contributed by atoms with Crippen LogP contribution in [-0.4, -0.2) is 21.6 Å². The van der Waals surface area contributed by atoms with E-state index in [9.17, 15) is 18.4 Å². The smallest absolute Gasteiger partial charge is 0.323 e. The van der Waals surface area contributed by atoms with Gasteiger partial charge in [0.15, 0.2) is 16.4 Å². The first-order valence-corrected chi connectivity index (χ1v) is 8.10. The van der Waals surface area contributed by atoms with Crippen LogP contribution in [0.2, 0.25) is 5.02 Å².